The van der Waals surface area contributed by atoms with Crippen LogP contribution in [0, 0.1) is 6.92 Å². The Hall–Kier alpha value is -1.74. The molecule has 1 heterocycles. The Kier molecular flexibility index (Phi) is 4.25. The van der Waals surface area contributed by atoms with Gasteiger partial charge in [0, 0.05) is 5.75 Å². The predicted octanol–water partition coefficient (Wildman–Crippen LogP) is 4.25. The molecule has 0 aliphatic carbocycles. The zero-order valence-electron chi connectivity index (χ0n) is 13.2. The molecule has 2 aromatic rings. The number of nitrogens with two attached hydrogens (primary N) is 1. The zero-order valence-corrected chi connectivity index (χ0v) is 14.0. The molecule has 1 aliphatic rings. The SMILES string of the molecule is Cc1ccc(Cc2ccc(C3(C)CCSC(N)=N3)cc2)cc1. The molecule has 0 fully saturated rings. The van der Waals surface area contributed by atoms with Gasteiger partial charge in [-0.1, -0.05) is 65.9 Å². The molecule has 3 rings (SSSR count). The zero-order chi connectivity index (χ0) is 15.6. The van der Waals surface area contributed by atoms with Crippen molar-refractivity contribution in [2.75, 3.05) is 5.75 Å². The third kappa shape index (κ3) is 3.36. The topological polar surface area (TPSA) is 38.4 Å². The summed E-state index contributed by atoms with van der Waals surface area (Å²) in [6, 6.07) is 17.6. The lowest BCUT2D eigenvalue weighted by Gasteiger charge is -2.29. The summed E-state index contributed by atoms with van der Waals surface area (Å²) in [6.07, 6.45) is 2.01. The van der Waals surface area contributed by atoms with Crippen molar-refractivity contribution < 1.29 is 0 Å². The van der Waals surface area contributed by atoms with E-state index in [4.69, 9.17) is 5.73 Å². The highest BCUT2D eigenvalue weighted by Gasteiger charge is 2.29. The predicted molar refractivity (Wildman–Crippen MR) is 96.5 cm³/mol. The second kappa shape index (κ2) is 6.17. The Labute approximate surface area is 136 Å². The van der Waals surface area contributed by atoms with Gasteiger partial charge in [-0.2, -0.15) is 0 Å². The molecule has 0 amide bonds. The van der Waals surface area contributed by atoms with Crippen molar-refractivity contribution >= 4 is 16.9 Å². The molecule has 1 atom stereocenters. The van der Waals surface area contributed by atoms with E-state index in [1.807, 2.05) is 0 Å². The molecule has 114 valence electrons. The van der Waals surface area contributed by atoms with Crippen molar-refractivity contribution in [3.63, 3.8) is 0 Å². The fourth-order valence-corrected chi connectivity index (χ4v) is 3.79. The molecule has 22 heavy (non-hydrogen) atoms. The number of thioether (sulfide) groups is 1. The molecule has 0 spiro atoms. The molecular formula is C19H22N2S. The quantitative estimate of drug-likeness (QED) is 0.920. The van der Waals surface area contributed by atoms with E-state index < -0.39 is 0 Å². The largest absolute Gasteiger partial charge is 0.379 e. The summed E-state index contributed by atoms with van der Waals surface area (Å²) in [5.74, 6) is 1.04. The van der Waals surface area contributed by atoms with Crippen LogP contribution in [0.3, 0.4) is 0 Å². The van der Waals surface area contributed by atoms with E-state index in [1.54, 1.807) is 11.8 Å². The maximum absolute atomic E-state index is 5.90. The van der Waals surface area contributed by atoms with Crippen LogP contribution in [0.4, 0.5) is 0 Å². The van der Waals surface area contributed by atoms with Crippen LogP contribution < -0.4 is 5.73 Å². The Morgan fingerprint density at radius 1 is 1.05 bits per heavy atom. The molecule has 3 heteroatoms. The Morgan fingerprint density at radius 2 is 1.64 bits per heavy atom. The second-order valence-electron chi connectivity index (χ2n) is 6.18. The van der Waals surface area contributed by atoms with Gasteiger partial charge in [0.25, 0.3) is 0 Å². The fourth-order valence-electron chi connectivity index (χ4n) is 2.82. The van der Waals surface area contributed by atoms with Crippen LogP contribution >= 0.6 is 11.8 Å². The number of aliphatic imine (C=N–C) groups is 1. The third-order valence-electron chi connectivity index (χ3n) is 4.30. The summed E-state index contributed by atoms with van der Waals surface area (Å²) in [6.45, 7) is 4.29. The number of aryl methyl sites for hydroxylation is 1. The van der Waals surface area contributed by atoms with Gasteiger partial charge in [-0.25, -0.2) is 0 Å². The van der Waals surface area contributed by atoms with Crippen LogP contribution in [0.5, 0.6) is 0 Å². The van der Waals surface area contributed by atoms with E-state index in [0.29, 0.717) is 5.17 Å². The molecular weight excluding hydrogens is 288 g/mol. The van der Waals surface area contributed by atoms with Crippen LogP contribution in [-0.2, 0) is 12.0 Å². The van der Waals surface area contributed by atoms with Crippen LogP contribution in [0.2, 0.25) is 0 Å². The Morgan fingerprint density at radius 3 is 2.23 bits per heavy atom. The van der Waals surface area contributed by atoms with E-state index >= 15 is 0 Å². The van der Waals surface area contributed by atoms with Gasteiger partial charge in [0.15, 0.2) is 5.17 Å². The maximum Gasteiger partial charge on any atom is 0.154 e. The van der Waals surface area contributed by atoms with Gasteiger partial charge in [-0.15, -0.1) is 0 Å². The normalized spacial score (nSPS) is 21.5. The van der Waals surface area contributed by atoms with Crippen LogP contribution in [0.1, 0.15) is 35.6 Å². The lowest BCUT2D eigenvalue weighted by Crippen LogP contribution is -2.28. The summed E-state index contributed by atoms with van der Waals surface area (Å²) < 4.78 is 0. The maximum atomic E-state index is 5.90. The average Bonchev–Trinajstić information content (AvgIpc) is 2.50. The molecule has 2 N–H and O–H groups in total. The fraction of sp³-hybridized carbons (Fsp3) is 0.316. The van der Waals surface area contributed by atoms with Crippen molar-refractivity contribution in [2.24, 2.45) is 10.7 Å². The van der Waals surface area contributed by atoms with Gasteiger partial charge >= 0.3 is 0 Å². The highest BCUT2D eigenvalue weighted by atomic mass is 32.2. The summed E-state index contributed by atoms with van der Waals surface area (Å²) in [5, 5.41) is 0.706. The molecule has 2 aromatic carbocycles. The van der Waals surface area contributed by atoms with Gasteiger partial charge in [0.05, 0.1) is 5.54 Å². The number of nitrogens with zero attached hydrogens (tertiary/aromatic N) is 1. The van der Waals surface area contributed by atoms with Gasteiger partial charge in [0.2, 0.25) is 0 Å². The standard InChI is InChI=1S/C19H22N2S/c1-14-3-5-15(6-4-14)13-16-7-9-17(10-8-16)19(2)11-12-22-18(20)21-19/h3-10H,11-13H2,1-2H3,(H2,20,21). The highest BCUT2D eigenvalue weighted by Crippen LogP contribution is 2.35. The van der Waals surface area contributed by atoms with Gasteiger partial charge in [-0.3, -0.25) is 4.99 Å². The average molecular weight is 310 g/mol. The smallest absolute Gasteiger partial charge is 0.154 e. The van der Waals surface area contributed by atoms with Crippen LogP contribution in [0.15, 0.2) is 53.5 Å². The molecule has 0 aromatic heterocycles. The first-order chi connectivity index (χ1) is 10.5. The summed E-state index contributed by atoms with van der Waals surface area (Å²) in [4.78, 5) is 4.67. The van der Waals surface area contributed by atoms with Crippen molar-refractivity contribution in [1.29, 1.82) is 0 Å². The molecule has 1 unspecified atom stereocenters. The van der Waals surface area contributed by atoms with Gasteiger partial charge in [-0.05, 0) is 43.4 Å². The number of hydrogen-bond donors (Lipinski definition) is 1. The third-order valence-corrected chi connectivity index (χ3v) is 5.10. The first kappa shape index (κ1) is 15.2. The van der Waals surface area contributed by atoms with Crippen molar-refractivity contribution in [3.05, 3.63) is 70.8 Å². The monoisotopic (exact) mass is 310 g/mol. The summed E-state index contributed by atoms with van der Waals surface area (Å²) in [7, 11) is 0. The minimum Gasteiger partial charge on any atom is -0.379 e. The highest BCUT2D eigenvalue weighted by molar-refractivity contribution is 8.13. The van der Waals surface area contributed by atoms with Crippen LogP contribution in [0.25, 0.3) is 0 Å². The Bertz CT molecular complexity index is 674. The second-order valence-corrected chi connectivity index (χ2v) is 7.30. The summed E-state index contributed by atoms with van der Waals surface area (Å²) in [5.41, 5.74) is 11.0. The van der Waals surface area contributed by atoms with Gasteiger partial charge < -0.3 is 5.73 Å². The first-order valence-corrected chi connectivity index (χ1v) is 8.67. The minimum absolute atomic E-state index is 0.169. The van der Waals surface area contributed by atoms with E-state index in [2.05, 4.69) is 67.4 Å². The van der Waals surface area contributed by atoms with E-state index in [1.165, 1.54) is 22.3 Å². The molecule has 2 nitrogen and oxygen atoms in total. The van der Waals surface area contributed by atoms with Gasteiger partial charge in [0.1, 0.15) is 0 Å². The molecule has 0 bridgehead atoms. The lowest BCUT2D eigenvalue weighted by atomic mass is 9.89. The minimum atomic E-state index is -0.169. The Balaban J connectivity index is 1.78. The number of rotatable bonds is 3. The van der Waals surface area contributed by atoms with Crippen molar-refractivity contribution in [1.82, 2.24) is 0 Å². The van der Waals surface area contributed by atoms with Crippen LogP contribution in [-0.4, -0.2) is 10.9 Å². The number of hydrogen-bond acceptors (Lipinski definition) is 3. The molecule has 1 aliphatic heterocycles. The van der Waals surface area contributed by atoms with E-state index in [9.17, 15) is 0 Å². The first-order valence-electron chi connectivity index (χ1n) is 7.68. The molecule has 0 radical (unpaired) electrons. The number of amidine groups is 1. The van der Waals surface area contributed by atoms with Crippen molar-refractivity contribution in [3.8, 4) is 0 Å². The molecule has 0 saturated carbocycles. The number of benzene rings is 2. The van der Waals surface area contributed by atoms with E-state index in [-0.39, 0.29) is 5.54 Å². The van der Waals surface area contributed by atoms with E-state index in [0.717, 1.165) is 18.6 Å². The summed E-state index contributed by atoms with van der Waals surface area (Å²) >= 11 is 1.65. The molecule has 0 saturated heterocycles. The van der Waals surface area contributed by atoms with Crippen molar-refractivity contribution in [2.45, 2.75) is 32.2 Å². The lowest BCUT2D eigenvalue weighted by molar-refractivity contribution is 0.482.